The van der Waals surface area contributed by atoms with Gasteiger partial charge in [0.2, 0.25) is 0 Å². The number of thiophene rings is 1. The lowest BCUT2D eigenvalue weighted by atomic mass is 10.1. The Morgan fingerprint density at radius 1 is 1.30 bits per heavy atom. The van der Waals surface area contributed by atoms with Crippen LogP contribution in [0.4, 0.5) is 0 Å². The Morgan fingerprint density at radius 2 is 2.20 bits per heavy atom. The minimum atomic E-state index is 0.140. The Bertz CT molecular complexity index is 663. The average Bonchev–Trinajstić information content (AvgIpc) is 3.14. The van der Waals surface area contributed by atoms with Gasteiger partial charge in [0, 0.05) is 29.9 Å². The van der Waals surface area contributed by atoms with Crippen LogP contribution in [0.2, 0.25) is 0 Å². The molecular formula is C15H16N2OS2. The zero-order chi connectivity index (χ0) is 13.8. The molecule has 2 heterocycles. The highest BCUT2D eigenvalue weighted by atomic mass is 32.1. The summed E-state index contributed by atoms with van der Waals surface area (Å²) in [5, 5.41) is 10.2. The van der Waals surface area contributed by atoms with Crippen LogP contribution in [0.25, 0.3) is 10.1 Å². The van der Waals surface area contributed by atoms with Crippen LogP contribution >= 0.6 is 22.7 Å². The van der Waals surface area contributed by atoms with Crippen LogP contribution in [0, 0.1) is 0 Å². The molecule has 1 unspecified atom stereocenters. The Labute approximate surface area is 126 Å². The first-order valence-electron chi connectivity index (χ1n) is 6.48. The van der Waals surface area contributed by atoms with Gasteiger partial charge in [-0.25, -0.2) is 4.98 Å². The molecule has 1 atom stereocenters. The fourth-order valence-electron chi connectivity index (χ4n) is 2.23. The first-order chi connectivity index (χ1) is 9.90. The second-order valence-corrected chi connectivity index (χ2v) is 6.27. The van der Waals surface area contributed by atoms with Crippen molar-refractivity contribution in [2.45, 2.75) is 6.04 Å². The maximum Gasteiger partial charge on any atom is 0.114 e. The van der Waals surface area contributed by atoms with Gasteiger partial charge < -0.3 is 10.1 Å². The molecule has 3 aromatic rings. The van der Waals surface area contributed by atoms with Crippen LogP contribution < -0.4 is 5.32 Å². The van der Waals surface area contributed by atoms with E-state index >= 15 is 0 Å². The zero-order valence-corrected chi connectivity index (χ0v) is 12.8. The third-order valence-electron chi connectivity index (χ3n) is 3.17. The lowest BCUT2D eigenvalue weighted by Crippen LogP contribution is -2.25. The van der Waals surface area contributed by atoms with Crippen LogP contribution in [0.3, 0.4) is 0 Å². The fraction of sp³-hybridized carbons (Fsp3) is 0.267. The molecule has 0 amide bonds. The Morgan fingerprint density at radius 3 is 3.00 bits per heavy atom. The van der Waals surface area contributed by atoms with E-state index in [1.54, 1.807) is 29.8 Å². The van der Waals surface area contributed by atoms with Crippen molar-refractivity contribution in [1.29, 1.82) is 0 Å². The van der Waals surface area contributed by atoms with E-state index in [4.69, 9.17) is 4.74 Å². The van der Waals surface area contributed by atoms with Crippen LogP contribution in [-0.4, -0.2) is 25.2 Å². The molecule has 0 saturated carbocycles. The van der Waals surface area contributed by atoms with Crippen LogP contribution in [0.1, 0.15) is 16.6 Å². The molecule has 1 aromatic carbocycles. The van der Waals surface area contributed by atoms with Gasteiger partial charge in [0.25, 0.3) is 0 Å². The van der Waals surface area contributed by atoms with E-state index in [0.29, 0.717) is 6.61 Å². The van der Waals surface area contributed by atoms with Crippen LogP contribution in [-0.2, 0) is 4.74 Å². The number of fused-ring (bicyclic) bond motifs is 1. The molecule has 0 aliphatic heterocycles. The third-order valence-corrected chi connectivity index (χ3v) is 5.00. The van der Waals surface area contributed by atoms with E-state index in [1.165, 1.54) is 15.6 Å². The van der Waals surface area contributed by atoms with E-state index in [1.807, 2.05) is 11.6 Å². The number of hydrogen-bond donors (Lipinski definition) is 1. The Balaban J connectivity index is 1.96. The summed E-state index contributed by atoms with van der Waals surface area (Å²) in [7, 11) is 1.72. The number of thiazole rings is 1. The number of ether oxygens (including phenoxy) is 1. The zero-order valence-electron chi connectivity index (χ0n) is 11.2. The van der Waals surface area contributed by atoms with Crippen LogP contribution in [0.5, 0.6) is 0 Å². The summed E-state index contributed by atoms with van der Waals surface area (Å²) in [5.74, 6) is 0. The van der Waals surface area contributed by atoms with Crippen molar-refractivity contribution in [3.63, 3.8) is 0 Å². The molecule has 104 valence electrons. The van der Waals surface area contributed by atoms with Gasteiger partial charge in [0.15, 0.2) is 0 Å². The quantitative estimate of drug-likeness (QED) is 0.705. The highest BCUT2D eigenvalue weighted by Gasteiger charge is 2.19. The van der Waals surface area contributed by atoms with Crippen molar-refractivity contribution < 1.29 is 4.74 Å². The van der Waals surface area contributed by atoms with E-state index in [0.717, 1.165) is 11.6 Å². The molecule has 0 aliphatic carbocycles. The van der Waals surface area contributed by atoms with E-state index in [2.05, 4.69) is 39.9 Å². The lowest BCUT2D eigenvalue weighted by Gasteiger charge is -2.16. The van der Waals surface area contributed by atoms with Gasteiger partial charge in [-0.05, 0) is 22.4 Å². The highest BCUT2D eigenvalue weighted by molar-refractivity contribution is 7.17. The summed E-state index contributed by atoms with van der Waals surface area (Å²) in [4.78, 5) is 4.48. The number of nitrogens with zero attached hydrogens (tertiary/aromatic N) is 1. The number of hydrogen-bond acceptors (Lipinski definition) is 5. The van der Waals surface area contributed by atoms with Crippen molar-refractivity contribution in [3.8, 4) is 0 Å². The Kier molecular flexibility index (Phi) is 4.42. The predicted octanol–water partition coefficient (Wildman–Crippen LogP) is 3.68. The molecule has 5 heteroatoms. The third kappa shape index (κ3) is 2.76. The first-order valence-corrected chi connectivity index (χ1v) is 8.24. The van der Waals surface area contributed by atoms with Crippen molar-refractivity contribution in [2.24, 2.45) is 0 Å². The molecule has 3 nitrogen and oxygen atoms in total. The monoisotopic (exact) mass is 304 g/mol. The summed E-state index contributed by atoms with van der Waals surface area (Å²) >= 11 is 3.47. The molecule has 3 rings (SSSR count). The molecule has 0 fully saturated rings. The van der Waals surface area contributed by atoms with E-state index < -0.39 is 0 Å². The summed E-state index contributed by atoms with van der Waals surface area (Å²) in [6, 6.07) is 8.66. The molecule has 0 bridgehead atoms. The number of rotatable bonds is 6. The van der Waals surface area contributed by atoms with Gasteiger partial charge in [0.05, 0.1) is 12.6 Å². The molecular weight excluding hydrogens is 288 g/mol. The van der Waals surface area contributed by atoms with Crippen molar-refractivity contribution in [2.75, 3.05) is 20.3 Å². The van der Waals surface area contributed by atoms with Crippen molar-refractivity contribution in [1.82, 2.24) is 10.3 Å². The normalized spacial score (nSPS) is 12.8. The largest absolute Gasteiger partial charge is 0.383 e. The standard InChI is InChI=1S/C15H16N2OS2/c1-18-8-6-16-14(15-17-7-9-19-15)12-10-20-13-5-3-2-4-11(12)13/h2-5,7,9-10,14,16H,6,8H2,1H3. The summed E-state index contributed by atoms with van der Waals surface area (Å²) in [5.41, 5.74) is 1.30. The molecule has 0 saturated heterocycles. The van der Waals surface area contributed by atoms with E-state index in [9.17, 15) is 0 Å². The van der Waals surface area contributed by atoms with Gasteiger partial charge in [0.1, 0.15) is 5.01 Å². The number of methoxy groups -OCH3 is 1. The summed E-state index contributed by atoms with van der Waals surface area (Å²) in [6.07, 6.45) is 1.86. The van der Waals surface area contributed by atoms with Gasteiger partial charge in [-0.1, -0.05) is 18.2 Å². The molecule has 1 N–H and O–H groups in total. The summed E-state index contributed by atoms with van der Waals surface area (Å²) < 4.78 is 6.45. The average molecular weight is 304 g/mol. The molecule has 0 aliphatic rings. The molecule has 2 aromatic heterocycles. The van der Waals surface area contributed by atoms with Gasteiger partial charge in [-0.2, -0.15) is 0 Å². The maximum absolute atomic E-state index is 5.14. The lowest BCUT2D eigenvalue weighted by molar-refractivity contribution is 0.197. The topological polar surface area (TPSA) is 34.1 Å². The maximum atomic E-state index is 5.14. The first kappa shape index (κ1) is 13.7. The highest BCUT2D eigenvalue weighted by Crippen LogP contribution is 2.34. The number of nitrogens with one attached hydrogen (secondary N) is 1. The smallest absolute Gasteiger partial charge is 0.114 e. The van der Waals surface area contributed by atoms with Gasteiger partial charge >= 0.3 is 0 Å². The fourth-order valence-corrected chi connectivity index (χ4v) is 3.95. The SMILES string of the molecule is COCCNC(c1nccs1)c1csc2ccccc12. The number of aromatic nitrogens is 1. The van der Waals surface area contributed by atoms with Gasteiger partial charge in [-0.15, -0.1) is 22.7 Å². The predicted molar refractivity (Wildman–Crippen MR) is 85.7 cm³/mol. The minimum absolute atomic E-state index is 0.140. The van der Waals surface area contributed by atoms with Crippen molar-refractivity contribution >= 4 is 32.8 Å². The van der Waals surface area contributed by atoms with Gasteiger partial charge in [-0.3, -0.25) is 0 Å². The number of benzene rings is 1. The second kappa shape index (κ2) is 6.45. The van der Waals surface area contributed by atoms with Crippen molar-refractivity contribution in [3.05, 3.63) is 51.8 Å². The Hall–Kier alpha value is -1.27. The molecule has 0 radical (unpaired) electrons. The summed E-state index contributed by atoms with van der Waals surface area (Å²) in [6.45, 7) is 1.51. The minimum Gasteiger partial charge on any atom is -0.383 e. The molecule has 20 heavy (non-hydrogen) atoms. The van der Waals surface area contributed by atoms with Crippen LogP contribution in [0.15, 0.2) is 41.2 Å². The molecule has 0 spiro atoms. The van der Waals surface area contributed by atoms with E-state index in [-0.39, 0.29) is 6.04 Å². The second-order valence-electron chi connectivity index (χ2n) is 4.44.